The molecule has 0 unspecified atom stereocenters. The second-order valence-corrected chi connectivity index (χ2v) is 9.66. The number of nitrogens with zero attached hydrogens (tertiary/aromatic N) is 1. The van der Waals surface area contributed by atoms with E-state index in [1.54, 1.807) is 24.3 Å². The fraction of sp³-hybridized carbons (Fsp3) is 0.452. The molecule has 9 heteroatoms. The zero-order valence-electron chi connectivity index (χ0n) is 23.3. The number of allylic oxidation sites excluding steroid dienone is 2. The second-order valence-electron chi connectivity index (χ2n) is 9.66. The number of rotatable bonds is 15. The lowest BCUT2D eigenvalue weighted by atomic mass is 10.1. The van der Waals surface area contributed by atoms with Crippen LogP contribution in [-0.2, 0) is 27.1 Å². The van der Waals surface area contributed by atoms with Crippen molar-refractivity contribution in [2.24, 2.45) is 0 Å². The second kappa shape index (κ2) is 17.2. The van der Waals surface area contributed by atoms with E-state index >= 15 is 0 Å². The van der Waals surface area contributed by atoms with Crippen molar-refractivity contribution in [1.82, 2.24) is 5.06 Å². The predicted molar refractivity (Wildman–Crippen MR) is 149 cm³/mol. The maximum absolute atomic E-state index is 12.8. The quantitative estimate of drug-likeness (QED) is 0.135. The Bertz CT molecular complexity index is 1100. The average molecular weight is 561 g/mol. The number of anilines is 1. The third kappa shape index (κ3) is 12.5. The Kier molecular flexibility index (Phi) is 14.0. The van der Waals surface area contributed by atoms with E-state index in [0.717, 1.165) is 74.8 Å². The number of hydrogen-bond donors (Lipinski definition) is 1. The Morgan fingerprint density at radius 3 is 2.05 bits per heavy atom. The van der Waals surface area contributed by atoms with Crippen LogP contribution in [0.1, 0.15) is 99.5 Å². The number of hydrogen-bond acceptors (Lipinski definition) is 4. The number of benzene rings is 2. The predicted octanol–water partition coefficient (Wildman–Crippen LogP) is 8.24. The van der Waals surface area contributed by atoms with Gasteiger partial charge in [-0.1, -0.05) is 63.3 Å². The molecule has 6 nitrogen and oxygen atoms in total. The Morgan fingerprint density at radius 2 is 1.45 bits per heavy atom. The molecule has 2 aromatic rings. The molecule has 0 aliphatic heterocycles. The third-order valence-electron chi connectivity index (χ3n) is 6.15. The topological polar surface area (TPSA) is 75.7 Å². The van der Waals surface area contributed by atoms with Crippen LogP contribution in [0.15, 0.2) is 60.7 Å². The van der Waals surface area contributed by atoms with Crippen LogP contribution in [0, 0.1) is 0 Å². The van der Waals surface area contributed by atoms with E-state index in [-0.39, 0.29) is 18.0 Å². The highest BCUT2D eigenvalue weighted by atomic mass is 19.4. The molecular formula is C31H39F3N2O4. The van der Waals surface area contributed by atoms with Gasteiger partial charge in [0.2, 0.25) is 5.91 Å². The summed E-state index contributed by atoms with van der Waals surface area (Å²) in [5.41, 5.74) is 0.246. The van der Waals surface area contributed by atoms with Gasteiger partial charge in [0.15, 0.2) is 0 Å². The molecule has 2 rings (SSSR count). The summed E-state index contributed by atoms with van der Waals surface area (Å²) < 4.78 is 38.5. The summed E-state index contributed by atoms with van der Waals surface area (Å²) in [6.45, 7) is 3.19. The molecule has 0 spiro atoms. The number of carbonyl (C=O) groups excluding carboxylic acids is 3. The molecule has 0 heterocycles. The van der Waals surface area contributed by atoms with Crippen LogP contribution in [-0.4, -0.2) is 22.8 Å². The standard InChI is InChI=1S/C31H39F3N2O4/c1-3-4-5-6-7-8-9-10-11-12-13-14-29(38)35-28-21-15-25(16-22-28)23-36(40-24(2)37)30(39)26-17-19-27(20-18-26)31(32,33)34/h6-7,15-22H,3-5,8-14,23H2,1-2H3,(H,35,38). The molecule has 0 atom stereocenters. The summed E-state index contributed by atoms with van der Waals surface area (Å²) in [4.78, 5) is 41.7. The number of amides is 2. The number of alkyl halides is 3. The fourth-order valence-electron chi connectivity index (χ4n) is 3.97. The minimum Gasteiger partial charge on any atom is -0.338 e. The summed E-state index contributed by atoms with van der Waals surface area (Å²) in [7, 11) is 0. The van der Waals surface area contributed by atoms with Gasteiger partial charge < -0.3 is 10.2 Å². The van der Waals surface area contributed by atoms with E-state index in [1.165, 1.54) is 19.3 Å². The first-order valence-electron chi connectivity index (χ1n) is 13.8. The molecule has 2 amide bonds. The molecule has 0 saturated carbocycles. The lowest BCUT2D eigenvalue weighted by molar-refractivity contribution is -0.177. The molecule has 1 N–H and O–H groups in total. The Hall–Kier alpha value is -3.62. The maximum atomic E-state index is 12.8. The van der Waals surface area contributed by atoms with E-state index < -0.39 is 23.6 Å². The van der Waals surface area contributed by atoms with Crippen LogP contribution in [0.25, 0.3) is 0 Å². The van der Waals surface area contributed by atoms with Gasteiger partial charge in [-0.05, 0) is 67.6 Å². The third-order valence-corrected chi connectivity index (χ3v) is 6.15. The number of carbonyl (C=O) groups is 3. The van der Waals surface area contributed by atoms with Gasteiger partial charge in [0.05, 0.1) is 12.1 Å². The Morgan fingerprint density at radius 1 is 0.850 bits per heavy atom. The van der Waals surface area contributed by atoms with Crippen LogP contribution in [0.2, 0.25) is 0 Å². The van der Waals surface area contributed by atoms with Gasteiger partial charge in [-0.25, -0.2) is 0 Å². The smallest absolute Gasteiger partial charge is 0.338 e. The highest BCUT2D eigenvalue weighted by Crippen LogP contribution is 2.29. The largest absolute Gasteiger partial charge is 0.416 e. The summed E-state index contributed by atoms with van der Waals surface area (Å²) in [5.74, 6) is -1.58. The van der Waals surface area contributed by atoms with Gasteiger partial charge in [0, 0.05) is 24.6 Å². The minimum atomic E-state index is -4.53. The first kappa shape index (κ1) is 32.6. The number of nitrogens with one attached hydrogen (secondary N) is 1. The first-order valence-corrected chi connectivity index (χ1v) is 13.8. The first-order chi connectivity index (χ1) is 19.1. The highest BCUT2D eigenvalue weighted by Gasteiger charge is 2.30. The molecule has 0 bridgehead atoms. The van der Waals surface area contributed by atoms with Crippen molar-refractivity contribution in [3.8, 4) is 0 Å². The van der Waals surface area contributed by atoms with Crippen molar-refractivity contribution in [2.75, 3.05) is 5.32 Å². The molecule has 0 aliphatic rings. The number of hydroxylamine groups is 2. The molecule has 40 heavy (non-hydrogen) atoms. The lowest BCUT2D eigenvalue weighted by Crippen LogP contribution is -2.32. The summed E-state index contributed by atoms with van der Waals surface area (Å²) in [5, 5.41) is 3.64. The SMILES string of the molecule is CCCCC=CCCCCCCCC(=O)Nc1ccc(CN(OC(C)=O)C(=O)c2ccc(C(F)(F)F)cc2)cc1. The van der Waals surface area contributed by atoms with Crippen LogP contribution in [0.4, 0.5) is 18.9 Å². The molecule has 0 fully saturated rings. The van der Waals surface area contributed by atoms with Gasteiger partial charge in [-0.3, -0.25) is 14.4 Å². The monoisotopic (exact) mass is 560 g/mol. The van der Waals surface area contributed by atoms with Gasteiger partial charge >= 0.3 is 12.1 Å². The number of unbranched alkanes of at least 4 members (excludes halogenated alkanes) is 7. The van der Waals surface area contributed by atoms with Gasteiger partial charge in [0.25, 0.3) is 5.91 Å². The van der Waals surface area contributed by atoms with Crippen LogP contribution >= 0.6 is 0 Å². The summed E-state index contributed by atoms with van der Waals surface area (Å²) in [6.07, 6.45) is 10.4. The van der Waals surface area contributed by atoms with Gasteiger partial charge in [0.1, 0.15) is 0 Å². The zero-order chi connectivity index (χ0) is 29.4. The van der Waals surface area contributed by atoms with Crippen molar-refractivity contribution in [3.63, 3.8) is 0 Å². The van der Waals surface area contributed by atoms with E-state index in [4.69, 9.17) is 4.84 Å². The van der Waals surface area contributed by atoms with Crippen molar-refractivity contribution in [1.29, 1.82) is 0 Å². The van der Waals surface area contributed by atoms with Gasteiger partial charge in [-0.15, -0.1) is 0 Å². The maximum Gasteiger partial charge on any atom is 0.416 e. The summed E-state index contributed by atoms with van der Waals surface area (Å²) >= 11 is 0. The fourth-order valence-corrected chi connectivity index (χ4v) is 3.97. The van der Waals surface area contributed by atoms with Crippen molar-refractivity contribution in [3.05, 3.63) is 77.4 Å². The van der Waals surface area contributed by atoms with Crippen molar-refractivity contribution in [2.45, 2.75) is 90.8 Å². The number of halogens is 3. The van der Waals surface area contributed by atoms with E-state index in [1.807, 2.05) is 0 Å². The molecule has 0 aliphatic carbocycles. The Balaban J connectivity index is 1.79. The highest BCUT2D eigenvalue weighted by molar-refractivity contribution is 5.94. The molecule has 2 aromatic carbocycles. The minimum absolute atomic E-state index is 0.0580. The van der Waals surface area contributed by atoms with E-state index in [0.29, 0.717) is 17.7 Å². The molecule has 218 valence electrons. The molecular weight excluding hydrogens is 521 g/mol. The molecule has 0 radical (unpaired) electrons. The van der Waals surface area contributed by atoms with E-state index in [2.05, 4.69) is 24.4 Å². The molecule has 0 aromatic heterocycles. The molecule has 0 saturated heterocycles. The Labute approximate surface area is 234 Å². The van der Waals surface area contributed by atoms with Crippen LogP contribution < -0.4 is 5.32 Å². The summed E-state index contributed by atoms with van der Waals surface area (Å²) in [6, 6.07) is 10.4. The van der Waals surface area contributed by atoms with Crippen molar-refractivity contribution >= 4 is 23.5 Å². The normalized spacial score (nSPS) is 11.4. The lowest BCUT2D eigenvalue weighted by Gasteiger charge is -2.21. The zero-order valence-corrected chi connectivity index (χ0v) is 23.3. The van der Waals surface area contributed by atoms with Gasteiger partial charge in [-0.2, -0.15) is 18.2 Å². The van der Waals surface area contributed by atoms with Crippen molar-refractivity contribution < 1.29 is 32.4 Å². The average Bonchev–Trinajstić information content (AvgIpc) is 2.91. The van der Waals surface area contributed by atoms with Crippen LogP contribution in [0.3, 0.4) is 0 Å². The van der Waals surface area contributed by atoms with Crippen LogP contribution in [0.5, 0.6) is 0 Å². The van der Waals surface area contributed by atoms with E-state index in [9.17, 15) is 27.6 Å².